The average molecular weight is 691 g/mol. The molecule has 0 radical (unpaired) electrons. The molecule has 2 aromatic carbocycles. The molecule has 2 aliphatic carbocycles. The molecule has 3 N–H and O–H groups in total. The van der Waals surface area contributed by atoms with E-state index >= 15 is 0 Å². The van der Waals surface area contributed by atoms with Crippen molar-refractivity contribution in [2.75, 3.05) is 38.9 Å². The molecular weight excluding hydrogens is 641 g/mol. The molecule has 0 unspecified atom stereocenters. The number of oxime groups is 1. The molecule has 264 valence electrons. The molecule has 1 aliphatic heterocycles. The molecule has 1 saturated carbocycles. The molecule has 5 rings (SSSR count). The fraction of sp³-hybridized carbons (Fsp3) is 0.487. The number of ether oxygens (including phenoxy) is 3. The van der Waals surface area contributed by atoms with Gasteiger partial charge in [-0.15, -0.1) is 18.3 Å². The number of nitrogens with one attached hydrogen (secondary N) is 1. The van der Waals surface area contributed by atoms with E-state index in [4.69, 9.17) is 19.0 Å². The van der Waals surface area contributed by atoms with Gasteiger partial charge in [-0.05, 0) is 85.6 Å². The smallest absolute Gasteiger partial charge is 0.231 e. The Morgan fingerprint density at radius 3 is 2.47 bits per heavy atom. The monoisotopic (exact) mass is 690 g/mol. The van der Waals surface area contributed by atoms with E-state index in [0.717, 1.165) is 77.5 Å². The van der Waals surface area contributed by atoms with Crippen LogP contribution in [-0.4, -0.2) is 66.4 Å². The van der Waals surface area contributed by atoms with Gasteiger partial charge in [0.05, 0.1) is 23.5 Å². The number of thioether (sulfide) groups is 1. The van der Waals surface area contributed by atoms with E-state index in [0.29, 0.717) is 13.0 Å². The molecule has 0 bridgehead atoms. The summed E-state index contributed by atoms with van der Waals surface area (Å²) >= 11 is 1.67. The number of unbranched alkanes of at least 4 members (excludes halogenated alkanes) is 2. The minimum Gasteiger partial charge on any atom is -0.490 e. The number of nitrogens with zero attached hydrogens (tertiary/aromatic N) is 1. The second-order valence-electron chi connectivity index (χ2n) is 12.9. The Hall–Kier alpha value is -3.57. The summed E-state index contributed by atoms with van der Waals surface area (Å²) in [6.07, 6.45) is 11.5. The number of aliphatic hydroxyl groups is 2. The van der Waals surface area contributed by atoms with Crippen LogP contribution in [0.2, 0.25) is 0 Å². The quantitative estimate of drug-likeness (QED) is 0.0850. The lowest BCUT2D eigenvalue weighted by Gasteiger charge is -2.58. The van der Waals surface area contributed by atoms with Crippen LogP contribution in [0.3, 0.4) is 0 Å². The number of carbonyl (C=O) groups excluding carboxylic acids is 1. The molecule has 0 aromatic heterocycles. The van der Waals surface area contributed by atoms with Gasteiger partial charge < -0.3 is 34.6 Å². The third kappa shape index (κ3) is 8.26. The molecule has 6 atom stereocenters. The van der Waals surface area contributed by atoms with Gasteiger partial charge in [-0.3, -0.25) is 4.79 Å². The third-order valence-electron chi connectivity index (χ3n) is 9.64. The number of carbonyl (C=O) groups is 1. The molecule has 1 fully saturated rings. The van der Waals surface area contributed by atoms with Gasteiger partial charge in [-0.2, -0.15) is 0 Å². The lowest BCUT2D eigenvalue weighted by atomic mass is 9.56. The number of hydrogen-bond acceptors (Lipinski definition) is 9. The van der Waals surface area contributed by atoms with Crippen molar-refractivity contribution < 1.29 is 34.1 Å². The van der Waals surface area contributed by atoms with Crippen molar-refractivity contribution in [3.63, 3.8) is 0 Å². The van der Waals surface area contributed by atoms with E-state index in [9.17, 15) is 15.0 Å². The van der Waals surface area contributed by atoms with Crippen molar-refractivity contribution >= 4 is 29.1 Å². The number of benzene rings is 2. The van der Waals surface area contributed by atoms with E-state index in [2.05, 4.69) is 35.8 Å². The molecule has 1 heterocycles. The highest BCUT2D eigenvalue weighted by Gasteiger charge is 2.64. The molecule has 9 nitrogen and oxygen atoms in total. The van der Waals surface area contributed by atoms with E-state index in [1.54, 1.807) is 31.0 Å². The molecule has 49 heavy (non-hydrogen) atoms. The summed E-state index contributed by atoms with van der Waals surface area (Å²) in [6.45, 7) is 10.3. The van der Waals surface area contributed by atoms with Crippen molar-refractivity contribution in [1.82, 2.24) is 0 Å². The summed E-state index contributed by atoms with van der Waals surface area (Å²) in [5.74, 6) is 0.451. The number of fused-ring (bicyclic) bond motifs is 2. The average Bonchev–Trinajstić information content (AvgIpc) is 3.09. The molecule has 3 aliphatic rings. The highest BCUT2D eigenvalue weighted by atomic mass is 32.2. The van der Waals surface area contributed by atoms with E-state index in [1.165, 1.54) is 6.92 Å². The summed E-state index contributed by atoms with van der Waals surface area (Å²) in [5.41, 5.74) is 3.74. The van der Waals surface area contributed by atoms with Crippen LogP contribution < -0.4 is 14.8 Å². The second-order valence-corrected chi connectivity index (χ2v) is 14.1. The largest absolute Gasteiger partial charge is 0.490 e. The standard InChI is InChI=1S/C39H50N2O7S/c1-5-21-46-29-15-18-35-33(24-29)37-31(12-8-10-20-43)27(11-7-9-19-42)23-32-34(41-45-4)25-36(39(48-35,38(32)37)47-22-6-2)49-30-16-13-28(14-17-30)40-26(3)44/h5-6,13-18,23-24,27,31,36-38,42-43H,1-2,7-12,19-22,25H2,3-4H3,(H,40,44)/t27-,31+,36-,37+,38+,39+/m0/s1. The number of allylic oxidation sites excluding steroid dienone is 1. The zero-order chi connectivity index (χ0) is 34.8. The van der Waals surface area contributed by atoms with Gasteiger partial charge in [0, 0.05) is 48.6 Å². The van der Waals surface area contributed by atoms with E-state index < -0.39 is 5.79 Å². The fourth-order valence-electron chi connectivity index (χ4n) is 7.76. The first-order valence-corrected chi connectivity index (χ1v) is 18.2. The summed E-state index contributed by atoms with van der Waals surface area (Å²) < 4.78 is 20.2. The first kappa shape index (κ1) is 36.7. The predicted octanol–water partition coefficient (Wildman–Crippen LogP) is 7.27. The zero-order valence-corrected chi connectivity index (χ0v) is 29.5. The fourth-order valence-corrected chi connectivity index (χ4v) is 9.05. The number of amides is 1. The third-order valence-corrected chi connectivity index (χ3v) is 11.0. The highest BCUT2D eigenvalue weighted by Crippen LogP contribution is 2.63. The van der Waals surface area contributed by atoms with Crippen LogP contribution in [0, 0.1) is 17.8 Å². The van der Waals surface area contributed by atoms with Gasteiger partial charge in [-0.1, -0.05) is 42.8 Å². The zero-order valence-electron chi connectivity index (χ0n) is 28.6. The first-order chi connectivity index (χ1) is 23.9. The summed E-state index contributed by atoms with van der Waals surface area (Å²) in [6, 6.07) is 13.9. The normalized spacial score (nSPS) is 26.1. The Morgan fingerprint density at radius 1 is 1.06 bits per heavy atom. The van der Waals surface area contributed by atoms with Gasteiger partial charge in [-0.25, -0.2) is 0 Å². The van der Waals surface area contributed by atoms with Crippen molar-refractivity contribution in [1.29, 1.82) is 0 Å². The van der Waals surface area contributed by atoms with Crippen LogP contribution >= 0.6 is 11.8 Å². The molecule has 10 heteroatoms. The Morgan fingerprint density at radius 2 is 1.80 bits per heavy atom. The van der Waals surface area contributed by atoms with Crippen molar-refractivity contribution in [3.8, 4) is 11.5 Å². The van der Waals surface area contributed by atoms with Gasteiger partial charge in [0.15, 0.2) is 0 Å². The molecule has 1 amide bonds. The predicted molar refractivity (Wildman–Crippen MR) is 194 cm³/mol. The second kappa shape index (κ2) is 17.4. The van der Waals surface area contributed by atoms with Gasteiger partial charge >= 0.3 is 0 Å². The Kier molecular flexibility index (Phi) is 13.0. The van der Waals surface area contributed by atoms with Crippen LogP contribution in [-0.2, 0) is 14.4 Å². The highest BCUT2D eigenvalue weighted by molar-refractivity contribution is 8.00. The molecular formula is C39H50N2O7S. The molecule has 0 saturated heterocycles. The van der Waals surface area contributed by atoms with Crippen molar-refractivity contribution in [2.45, 2.75) is 73.7 Å². The maximum atomic E-state index is 11.7. The van der Waals surface area contributed by atoms with Gasteiger partial charge in [0.25, 0.3) is 0 Å². The number of rotatable bonds is 18. The van der Waals surface area contributed by atoms with Crippen LogP contribution in [0.15, 0.2) is 89.5 Å². The summed E-state index contributed by atoms with van der Waals surface area (Å²) in [5, 5.41) is 26.7. The van der Waals surface area contributed by atoms with Crippen molar-refractivity contribution in [2.24, 2.45) is 22.9 Å². The van der Waals surface area contributed by atoms with Gasteiger partial charge in [0.2, 0.25) is 11.7 Å². The Labute approximate surface area is 294 Å². The topological polar surface area (TPSA) is 119 Å². The lowest BCUT2D eigenvalue weighted by Crippen LogP contribution is -2.64. The number of aliphatic hydroxyl groups excluding tert-OH is 2. The Bertz CT molecular complexity index is 1510. The summed E-state index contributed by atoms with van der Waals surface area (Å²) in [7, 11) is 1.58. The minimum atomic E-state index is -1.08. The van der Waals surface area contributed by atoms with Crippen molar-refractivity contribution in [3.05, 3.63) is 85.0 Å². The minimum absolute atomic E-state index is 0.0220. The SMILES string of the molecule is C=CCOc1ccc2c(c1)[C@H]1[C@H](CCCCO)[C@@H](CCCCO)C=C3C(=NOC)C[C@H](Sc4ccc(NC(C)=O)cc4)[C@@](OCC=C)(O2)[C@H]31. The summed E-state index contributed by atoms with van der Waals surface area (Å²) in [4.78, 5) is 18.2. The Balaban J connectivity index is 1.69. The number of hydrogen-bond donors (Lipinski definition) is 3. The van der Waals surface area contributed by atoms with E-state index in [-0.39, 0.29) is 54.6 Å². The maximum Gasteiger partial charge on any atom is 0.231 e. The van der Waals surface area contributed by atoms with Crippen LogP contribution in [0.5, 0.6) is 11.5 Å². The number of anilines is 1. The first-order valence-electron chi connectivity index (χ1n) is 17.3. The van der Waals surface area contributed by atoms with Crippen LogP contribution in [0.1, 0.15) is 63.4 Å². The van der Waals surface area contributed by atoms with Crippen LogP contribution in [0.4, 0.5) is 5.69 Å². The van der Waals surface area contributed by atoms with Crippen LogP contribution in [0.25, 0.3) is 0 Å². The maximum absolute atomic E-state index is 11.7. The molecule has 2 aromatic rings. The van der Waals surface area contributed by atoms with Gasteiger partial charge in [0.1, 0.15) is 25.2 Å². The lowest BCUT2D eigenvalue weighted by molar-refractivity contribution is -0.223. The van der Waals surface area contributed by atoms with E-state index in [1.807, 2.05) is 36.4 Å². The molecule has 0 spiro atoms.